The second-order valence-corrected chi connectivity index (χ2v) is 3.29. The highest BCUT2D eigenvalue weighted by Gasteiger charge is 1.86. The van der Waals surface area contributed by atoms with Gasteiger partial charge in [0, 0.05) is 5.33 Å². The molecule has 0 aromatic heterocycles. The highest BCUT2D eigenvalue weighted by atomic mass is 79.9. The van der Waals surface area contributed by atoms with Crippen molar-refractivity contribution in [2.75, 3.05) is 18.4 Å². The molecule has 0 spiro atoms. The second kappa shape index (κ2) is 9.44. The monoisotopic (exact) mass is 207 g/mol. The van der Waals surface area contributed by atoms with Crippen molar-refractivity contribution in [3.05, 3.63) is 0 Å². The van der Waals surface area contributed by atoms with Crippen molar-refractivity contribution >= 4 is 15.9 Å². The van der Waals surface area contributed by atoms with E-state index >= 15 is 0 Å². The molecule has 0 aromatic carbocycles. The van der Waals surface area contributed by atoms with Gasteiger partial charge in [0.1, 0.15) is 0 Å². The van der Waals surface area contributed by atoms with E-state index in [1.54, 1.807) is 0 Å². The molecular formula is C8H18BrN. The van der Waals surface area contributed by atoms with Gasteiger partial charge in [-0.3, -0.25) is 0 Å². The number of halogens is 1. The first-order chi connectivity index (χ1) is 4.91. The fourth-order valence-corrected chi connectivity index (χ4v) is 1.22. The van der Waals surface area contributed by atoms with Crippen LogP contribution in [-0.2, 0) is 0 Å². The Morgan fingerprint density at radius 2 is 1.90 bits per heavy atom. The number of hydrogen-bond acceptors (Lipinski definition) is 1. The first-order valence-electron chi connectivity index (χ1n) is 4.18. The van der Waals surface area contributed by atoms with Crippen molar-refractivity contribution in [1.29, 1.82) is 0 Å². The van der Waals surface area contributed by atoms with Crippen LogP contribution in [0.5, 0.6) is 0 Å². The van der Waals surface area contributed by atoms with Crippen LogP contribution in [-0.4, -0.2) is 18.4 Å². The zero-order valence-electron chi connectivity index (χ0n) is 6.83. The lowest BCUT2D eigenvalue weighted by Gasteiger charge is -2.00. The Morgan fingerprint density at radius 3 is 2.50 bits per heavy atom. The molecule has 0 aromatic rings. The maximum absolute atomic E-state index is 3.41. The average Bonchev–Trinajstić information content (AvgIpc) is 1.97. The molecule has 0 rings (SSSR count). The molecule has 10 heavy (non-hydrogen) atoms. The predicted molar refractivity (Wildman–Crippen MR) is 50.8 cm³/mol. The normalized spacial score (nSPS) is 10.2. The number of unbranched alkanes of at least 4 members (excludes halogenated alkanes) is 2. The van der Waals surface area contributed by atoms with Crippen LogP contribution in [0.4, 0.5) is 0 Å². The maximum atomic E-state index is 3.41. The van der Waals surface area contributed by atoms with Crippen molar-refractivity contribution in [2.24, 2.45) is 0 Å². The van der Waals surface area contributed by atoms with E-state index in [1.807, 2.05) is 0 Å². The Balaban J connectivity index is 2.65. The van der Waals surface area contributed by atoms with Gasteiger partial charge in [0.2, 0.25) is 0 Å². The largest absolute Gasteiger partial charge is 0.317 e. The Hall–Kier alpha value is 0.440. The molecule has 0 heterocycles. The summed E-state index contributed by atoms with van der Waals surface area (Å²) in [7, 11) is 0. The third kappa shape index (κ3) is 8.44. The van der Waals surface area contributed by atoms with E-state index in [1.165, 1.54) is 38.8 Å². The number of rotatable bonds is 7. The summed E-state index contributed by atoms with van der Waals surface area (Å²) in [5.41, 5.74) is 0. The average molecular weight is 208 g/mol. The van der Waals surface area contributed by atoms with E-state index in [0.29, 0.717) is 0 Å². The van der Waals surface area contributed by atoms with Gasteiger partial charge in [0.05, 0.1) is 0 Å². The van der Waals surface area contributed by atoms with Gasteiger partial charge in [-0.2, -0.15) is 0 Å². The van der Waals surface area contributed by atoms with E-state index in [9.17, 15) is 0 Å². The van der Waals surface area contributed by atoms with Crippen molar-refractivity contribution in [3.63, 3.8) is 0 Å². The van der Waals surface area contributed by atoms with Gasteiger partial charge in [0.25, 0.3) is 0 Å². The molecule has 0 unspecified atom stereocenters. The summed E-state index contributed by atoms with van der Waals surface area (Å²) in [6.07, 6.45) is 5.24. The lowest BCUT2D eigenvalue weighted by Crippen LogP contribution is -2.15. The third-order valence-electron chi connectivity index (χ3n) is 1.41. The zero-order chi connectivity index (χ0) is 7.66. The lowest BCUT2D eigenvalue weighted by atomic mass is 10.2. The molecule has 0 saturated heterocycles. The van der Waals surface area contributed by atoms with E-state index < -0.39 is 0 Å². The zero-order valence-corrected chi connectivity index (χ0v) is 8.41. The van der Waals surface area contributed by atoms with Crippen LogP contribution in [0, 0.1) is 0 Å². The summed E-state index contributed by atoms with van der Waals surface area (Å²) < 4.78 is 0. The third-order valence-corrected chi connectivity index (χ3v) is 1.97. The number of alkyl halides is 1. The minimum Gasteiger partial charge on any atom is -0.317 e. The Kier molecular flexibility index (Phi) is 9.86. The van der Waals surface area contributed by atoms with Gasteiger partial charge in [-0.05, 0) is 32.4 Å². The molecular weight excluding hydrogens is 190 g/mol. The molecule has 0 bridgehead atoms. The van der Waals surface area contributed by atoms with E-state index in [-0.39, 0.29) is 0 Å². The summed E-state index contributed by atoms with van der Waals surface area (Å²) in [4.78, 5) is 0. The molecule has 1 N–H and O–H groups in total. The molecule has 0 radical (unpaired) electrons. The van der Waals surface area contributed by atoms with E-state index in [0.717, 1.165) is 5.33 Å². The Morgan fingerprint density at radius 1 is 1.10 bits per heavy atom. The molecule has 0 amide bonds. The van der Waals surface area contributed by atoms with Crippen LogP contribution in [0.15, 0.2) is 0 Å². The molecule has 62 valence electrons. The van der Waals surface area contributed by atoms with Crippen LogP contribution < -0.4 is 5.32 Å². The highest BCUT2D eigenvalue weighted by Crippen LogP contribution is 1.96. The SMILES string of the molecule is CCCNCCCCCBr. The maximum Gasteiger partial charge on any atom is 0.00313 e. The van der Waals surface area contributed by atoms with Gasteiger partial charge in [-0.1, -0.05) is 29.3 Å². The molecule has 0 aliphatic rings. The quantitative estimate of drug-likeness (QED) is 0.500. The van der Waals surface area contributed by atoms with E-state index in [2.05, 4.69) is 28.2 Å². The summed E-state index contributed by atoms with van der Waals surface area (Å²) >= 11 is 3.41. The Labute approximate surface area is 72.7 Å². The van der Waals surface area contributed by atoms with Crippen LogP contribution in [0.3, 0.4) is 0 Å². The van der Waals surface area contributed by atoms with Crippen molar-refractivity contribution in [1.82, 2.24) is 5.32 Å². The van der Waals surface area contributed by atoms with Crippen LogP contribution in [0.25, 0.3) is 0 Å². The van der Waals surface area contributed by atoms with Crippen molar-refractivity contribution in [2.45, 2.75) is 32.6 Å². The molecule has 1 nitrogen and oxygen atoms in total. The van der Waals surface area contributed by atoms with Gasteiger partial charge in [0.15, 0.2) is 0 Å². The summed E-state index contributed by atoms with van der Waals surface area (Å²) in [6, 6.07) is 0. The molecule has 0 fully saturated rings. The van der Waals surface area contributed by atoms with Gasteiger partial charge >= 0.3 is 0 Å². The summed E-state index contributed by atoms with van der Waals surface area (Å²) in [5, 5.41) is 4.53. The van der Waals surface area contributed by atoms with Crippen molar-refractivity contribution in [3.8, 4) is 0 Å². The molecule has 2 heteroatoms. The molecule has 0 aliphatic carbocycles. The van der Waals surface area contributed by atoms with Crippen LogP contribution >= 0.6 is 15.9 Å². The minimum atomic E-state index is 1.15. The van der Waals surface area contributed by atoms with Crippen LogP contribution in [0.1, 0.15) is 32.6 Å². The topological polar surface area (TPSA) is 12.0 Å². The van der Waals surface area contributed by atoms with Gasteiger partial charge < -0.3 is 5.32 Å². The fourth-order valence-electron chi connectivity index (χ4n) is 0.823. The highest BCUT2D eigenvalue weighted by molar-refractivity contribution is 9.09. The lowest BCUT2D eigenvalue weighted by molar-refractivity contribution is 0.613. The van der Waals surface area contributed by atoms with Gasteiger partial charge in [-0.15, -0.1) is 0 Å². The smallest absolute Gasteiger partial charge is 0.00313 e. The predicted octanol–water partition coefficient (Wildman–Crippen LogP) is 2.55. The van der Waals surface area contributed by atoms with Gasteiger partial charge in [-0.25, -0.2) is 0 Å². The molecule has 0 atom stereocenters. The summed E-state index contributed by atoms with van der Waals surface area (Å²) in [6.45, 7) is 4.57. The molecule has 0 aliphatic heterocycles. The fraction of sp³-hybridized carbons (Fsp3) is 1.00. The minimum absolute atomic E-state index is 1.15. The second-order valence-electron chi connectivity index (χ2n) is 2.50. The first-order valence-corrected chi connectivity index (χ1v) is 5.30. The molecule has 0 saturated carbocycles. The van der Waals surface area contributed by atoms with Crippen molar-refractivity contribution < 1.29 is 0 Å². The number of hydrogen-bond donors (Lipinski definition) is 1. The first kappa shape index (κ1) is 10.4. The standard InChI is InChI=1S/C8H18BrN/c1-2-7-10-8-5-3-4-6-9/h10H,2-8H2,1H3. The summed E-state index contributed by atoms with van der Waals surface area (Å²) in [5.74, 6) is 0. The van der Waals surface area contributed by atoms with Crippen LogP contribution in [0.2, 0.25) is 0 Å². The number of nitrogens with one attached hydrogen (secondary N) is 1. The van der Waals surface area contributed by atoms with E-state index in [4.69, 9.17) is 0 Å². The Bertz CT molecular complexity index is 49.2.